The van der Waals surface area contributed by atoms with E-state index in [1.54, 1.807) is 33.8 Å². The van der Waals surface area contributed by atoms with Gasteiger partial charge in [-0.2, -0.15) is 13.2 Å². The van der Waals surface area contributed by atoms with Crippen LogP contribution in [0.1, 0.15) is 64.5 Å². The molecule has 2 amide bonds. The Morgan fingerprint density at radius 2 is 1.84 bits per heavy atom. The van der Waals surface area contributed by atoms with Crippen molar-refractivity contribution in [3.8, 4) is 17.0 Å². The van der Waals surface area contributed by atoms with E-state index in [0.29, 0.717) is 17.9 Å². The molecule has 0 unspecified atom stereocenters. The summed E-state index contributed by atoms with van der Waals surface area (Å²) in [7, 11) is 0. The molecule has 0 bridgehead atoms. The van der Waals surface area contributed by atoms with Crippen molar-refractivity contribution in [3.05, 3.63) is 35.4 Å². The van der Waals surface area contributed by atoms with Crippen LogP contribution in [-0.2, 0) is 20.4 Å². The second-order valence-electron chi connectivity index (χ2n) is 9.63. The predicted molar refractivity (Wildman–Crippen MR) is 129 cm³/mol. The number of nitrogens with zero attached hydrogens (tertiary/aromatic N) is 2. The zero-order valence-corrected chi connectivity index (χ0v) is 21.4. The van der Waals surface area contributed by atoms with E-state index in [1.165, 1.54) is 13.0 Å². The van der Waals surface area contributed by atoms with Gasteiger partial charge in [0.2, 0.25) is 5.91 Å². The summed E-state index contributed by atoms with van der Waals surface area (Å²) in [6, 6.07) is 3.88. The number of nitrogens with one attached hydrogen (secondary N) is 2. The predicted octanol–water partition coefficient (Wildman–Crippen LogP) is 5.26. The molecule has 1 aliphatic rings. The first kappa shape index (κ1) is 28.2. The third-order valence-corrected chi connectivity index (χ3v) is 5.28. The highest BCUT2D eigenvalue weighted by Gasteiger charge is 2.33. The summed E-state index contributed by atoms with van der Waals surface area (Å²) >= 11 is 0. The molecule has 3 rings (SSSR count). The van der Waals surface area contributed by atoms with Crippen molar-refractivity contribution in [3.63, 3.8) is 0 Å². The SMILES string of the molecule is CCOCOc1cc(C(F)(F)F)ccc1-c1nnc(NC(=O)[C@@H](C)NC(=O)OC(C)(C)C)cc1C1CC1. The largest absolute Gasteiger partial charge is 0.467 e. The zero-order chi connectivity index (χ0) is 27.4. The van der Waals surface area contributed by atoms with E-state index in [2.05, 4.69) is 20.8 Å². The maximum Gasteiger partial charge on any atom is 0.416 e. The van der Waals surface area contributed by atoms with Gasteiger partial charge in [0.15, 0.2) is 12.6 Å². The highest BCUT2D eigenvalue weighted by atomic mass is 19.4. The minimum atomic E-state index is -4.55. The van der Waals surface area contributed by atoms with Gasteiger partial charge in [0.1, 0.15) is 23.1 Å². The number of ether oxygens (including phenoxy) is 3. The van der Waals surface area contributed by atoms with E-state index < -0.39 is 35.4 Å². The Balaban J connectivity index is 1.85. The van der Waals surface area contributed by atoms with Crippen molar-refractivity contribution in [2.75, 3.05) is 18.7 Å². The molecule has 1 atom stereocenters. The van der Waals surface area contributed by atoms with Gasteiger partial charge in [0, 0.05) is 12.2 Å². The van der Waals surface area contributed by atoms with Crippen LogP contribution < -0.4 is 15.4 Å². The smallest absolute Gasteiger partial charge is 0.416 e. The molecule has 0 saturated heterocycles. The Kier molecular flexibility index (Phi) is 8.62. The molecule has 202 valence electrons. The Bertz CT molecular complexity index is 1130. The standard InChI is InChI=1S/C25H31F3N4O5/c1-6-35-13-36-19-11-16(25(26,27)28)9-10-17(19)21-18(15-7-8-15)12-20(31-32-21)30-22(33)14(2)29-23(34)37-24(3,4)5/h9-12,14-15H,6-8,13H2,1-5H3,(H,29,34)(H,30,31,33)/t14-/m1/s1. The van der Waals surface area contributed by atoms with Gasteiger partial charge in [0.25, 0.3) is 0 Å². The van der Waals surface area contributed by atoms with Gasteiger partial charge in [-0.25, -0.2) is 4.79 Å². The Labute approximate surface area is 213 Å². The molecule has 37 heavy (non-hydrogen) atoms. The van der Waals surface area contributed by atoms with Gasteiger partial charge in [-0.3, -0.25) is 4.79 Å². The van der Waals surface area contributed by atoms with Crippen LogP contribution in [0.5, 0.6) is 5.75 Å². The molecule has 1 saturated carbocycles. The summed E-state index contributed by atoms with van der Waals surface area (Å²) in [5.74, 6) is -0.311. The third-order valence-electron chi connectivity index (χ3n) is 5.28. The first-order valence-corrected chi connectivity index (χ1v) is 11.9. The van der Waals surface area contributed by atoms with Crippen LogP contribution in [0.25, 0.3) is 11.3 Å². The van der Waals surface area contributed by atoms with Gasteiger partial charge >= 0.3 is 12.3 Å². The number of hydrogen-bond acceptors (Lipinski definition) is 7. The van der Waals surface area contributed by atoms with Gasteiger partial charge < -0.3 is 24.8 Å². The molecule has 1 aliphatic carbocycles. The number of carbonyl (C=O) groups excluding carboxylic acids is 2. The van der Waals surface area contributed by atoms with Gasteiger partial charge in [-0.1, -0.05) is 0 Å². The van der Waals surface area contributed by atoms with Crippen LogP contribution in [0.3, 0.4) is 0 Å². The fourth-order valence-corrected chi connectivity index (χ4v) is 3.37. The highest BCUT2D eigenvalue weighted by Crippen LogP contribution is 2.46. The number of hydrogen-bond donors (Lipinski definition) is 2. The number of alkyl carbamates (subject to hydrolysis) is 1. The normalized spacial score (nSPS) is 14.6. The van der Waals surface area contributed by atoms with Crippen LogP contribution in [0, 0.1) is 0 Å². The van der Waals surface area contributed by atoms with Crippen molar-refractivity contribution in [1.29, 1.82) is 0 Å². The molecule has 12 heteroatoms. The lowest BCUT2D eigenvalue weighted by Crippen LogP contribution is -2.44. The van der Waals surface area contributed by atoms with Crippen molar-refractivity contribution in [2.24, 2.45) is 0 Å². The maximum atomic E-state index is 13.3. The minimum Gasteiger partial charge on any atom is -0.467 e. The quantitative estimate of drug-likeness (QED) is 0.340. The Morgan fingerprint density at radius 3 is 2.43 bits per heavy atom. The van der Waals surface area contributed by atoms with Crippen molar-refractivity contribution < 1.29 is 37.0 Å². The monoisotopic (exact) mass is 524 g/mol. The molecule has 1 aromatic heterocycles. The van der Waals surface area contributed by atoms with E-state index in [1.807, 2.05) is 0 Å². The summed E-state index contributed by atoms with van der Waals surface area (Å²) in [5.41, 5.74) is -0.164. The Morgan fingerprint density at radius 1 is 1.14 bits per heavy atom. The maximum absolute atomic E-state index is 13.3. The number of anilines is 1. The average molecular weight is 525 g/mol. The van der Waals surface area contributed by atoms with Gasteiger partial charge in [-0.05, 0) is 83.2 Å². The lowest BCUT2D eigenvalue weighted by atomic mass is 10.0. The van der Waals surface area contributed by atoms with Gasteiger partial charge in [0.05, 0.1) is 5.56 Å². The molecule has 0 aliphatic heterocycles. The molecule has 0 spiro atoms. The summed E-state index contributed by atoms with van der Waals surface area (Å²) in [4.78, 5) is 24.6. The summed E-state index contributed by atoms with van der Waals surface area (Å²) < 4.78 is 55.8. The molecule has 1 fully saturated rings. The number of aromatic nitrogens is 2. The van der Waals surface area contributed by atoms with Crippen LogP contribution in [0.4, 0.5) is 23.8 Å². The van der Waals surface area contributed by atoms with Crippen molar-refractivity contribution >= 4 is 17.8 Å². The van der Waals surface area contributed by atoms with Crippen molar-refractivity contribution in [1.82, 2.24) is 15.5 Å². The first-order chi connectivity index (χ1) is 17.3. The molecule has 0 radical (unpaired) electrons. The highest BCUT2D eigenvalue weighted by molar-refractivity contribution is 5.95. The second-order valence-corrected chi connectivity index (χ2v) is 9.63. The number of alkyl halides is 3. The number of halogens is 3. The molecule has 9 nitrogen and oxygen atoms in total. The van der Waals surface area contributed by atoms with E-state index in [0.717, 1.165) is 30.5 Å². The zero-order valence-electron chi connectivity index (χ0n) is 21.4. The fraction of sp³-hybridized carbons (Fsp3) is 0.520. The second kappa shape index (κ2) is 11.3. The number of amides is 2. The molecular formula is C25H31F3N4O5. The molecule has 2 aromatic rings. The lowest BCUT2D eigenvalue weighted by molar-refractivity contribution is -0.137. The van der Waals surface area contributed by atoms with Crippen molar-refractivity contribution in [2.45, 2.75) is 71.2 Å². The molecule has 1 aromatic carbocycles. The fourth-order valence-electron chi connectivity index (χ4n) is 3.37. The van der Waals surface area contributed by atoms with Crippen LogP contribution in [0.2, 0.25) is 0 Å². The number of rotatable bonds is 9. The van der Waals surface area contributed by atoms with Crippen LogP contribution in [-0.4, -0.2) is 47.2 Å². The van der Waals surface area contributed by atoms with Crippen LogP contribution >= 0.6 is 0 Å². The molecule has 2 N–H and O–H groups in total. The van der Waals surface area contributed by atoms with Gasteiger partial charge in [-0.15, -0.1) is 10.2 Å². The summed E-state index contributed by atoms with van der Waals surface area (Å²) in [6.45, 7) is 8.45. The number of benzene rings is 1. The van der Waals surface area contributed by atoms with E-state index in [9.17, 15) is 22.8 Å². The average Bonchev–Trinajstić information content (AvgIpc) is 3.63. The lowest BCUT2D eigenvalue weighted by Gasteiger charge is -2.21. The third kappa shape index (κ3) is 8.04. The molecule has 1 heterocycles. The summed E-state index contributed by atoms with van der Waals surface area (Å²) in [5, 5.41) is 13.4. The topological polar surface area (TPSA) is 112 Å². The first-order valence-electron chi connectivity index (χ1n) is 11.9. The van der Waals surface area contributed by atoms with Crippen LogP contribution in [0.15, 0.2) is 24.3 Å². The van der Waals surface area contributed by atoms with E-state index in [4.69, 9.17) is 14.2 Å². The Hall–Kier alpha value is -3.41. The van der Waals surface area contributed by atoms with E-state index >= 15 is 0 Å². The summed E-state index contributed by atoms with van der Waals surface area (Å²) in [6.07, 6.45) is -3.57. The van der Waals surface area contributed by atoms with E-state index in [-0.39, 0.29) is 24.3 Å². The molecular weight excluding hydrogens is 493 g/mol. The minimum absolute atomic E-state index is 0.0357. The number of carbonyl (C=O) groups is 2.